The summed E-state index contributed by atoms with van der Waals surface area (Å²) in [6, 6.07) is 16.1. The van der Waals surface area contributed by atoms with Crippen molar-refractivity contribution in [2.75, 3.05) is 13.1 Å². The molecule has 4 rings (SSSR count). The third-order valence-corrected chi connectivity index (χ3v) is 5.79. The maximum Gasteiger partial charge on any atom is 0.336 e. The number of halogens is 1. The van der Waals surface area contributed by atoms with Crippen molar-refractivity contribution in [2.45, 2.75) is 25.9 Å². The number of piperidine rings is 1. The number of nitriles is 1. The van der Waals surface area contributed by atoms with Crippen molar-refractivity contribution in [3.63, 3.8) is 0 Å². The van der Waals surface area contributed by atoms with Gasteiger partial charge in [-0.05, 0) is 38.0 Å². The Hall–Kier alpha value is -3.30. The number of amides is 1. The van der Waals surface area contributed by atoms with E-state index in [1.807, 2.05) is 18.2 Å². The predicted molar refractivity (Wildman–Crippen MR) is 118 cm³/mol. The average molecular weight is 437 g/mol. The van der Waals surface area contributed by atoms with Crippen molar-refractivity contribution < 1.29 is 13.9 Å². The summed E-state index contributed by atoms with van der Waals surface area (Å²) in [7, 11) is 0. The molecule has 1 saturated heterocycles. The highest BCUT2D eigenvalue weighted by Gasteiger charge is 2.27. The second-order valence-corrected chi connectivity index (χ2v) is 8.04. The summed E-state index contributed by atoms with van der Waals surface area (Å²) < 4.78 is 11.2. The molecule has 2 aromatic carbocycles. The van der Waals surface area contributed by atoms with Crippen LogP contribution in [0.15, 0.2) is 57.7 Å². The SMILES string of the molecule is CC(Oc1ccc2c(-c3ccccc3Cl)cc(=O)oc2c1)C(=O)N1CCC[C@H](C#N)C1. The van der Waals surface area contributed by atoms with Crippen molar-refractivity contribution in [3.8, 4) is 22.9 Å². The lowest BCUT2D eigenvalue weighted by atomic mass is 9.99. The number of hydrogen-bond donors (Lipinski definition) is 0. The summed E-state index contributed by atoms with van der Waals surface area (Å²) in [5.41, 5.74) is 1.25. The number of rotatable bonds is 4. The molecule has 158 valence electrons. The second kappa shape index (κ2) is 8.83. The third-order valence-electron chi connectivity index (χ3n) is 5.46. The number of benzene rings is 2. The van der Waals surface area contributed by atoms with Gasteiger partial charge in [0.1, 0.15) is 11.3 Å². The van der Waals surface area contributed by atoms with Gasteiger partial charge in [0, 0.05) is 46.8 Å². The van der Waals surface area contributed by atoms with Crippen LogP contribution in [-0.4, -0.2) is 30.0 Å². The van der Waals surface area contributed by atoms with Gasteiger partial charge in [0.2, 0.25) is 0 Å². The standard InChI is InChI=1S/C24H21ClN2O4/c1-15(24(29)27-10-4-5-16(13-26)14-27)30-17-8-9-19-20(12-23(28)31-22(19)11-17)18-6-2-3-7-21(18)25/h2-3,6-9,11-12,15-16H,4-5,10,14H2,1H3/t15?,16-/m1/s1. The van der Waals surface area contributed by atoms with E-state index in [9.17, 15) is 9.59 Å². The maximum absolute atomic E-state index is 12.8. The van der Waals surface area contributed by atoms with Gasteiger partial charge in [0.05, 0.1) is 12.0 Å². The van der Waals surface area contributed by atoms with Gasteiger partial charge in [0.15, 0.2) is 6.10 Å². The van der Waals surface area contributed by atoms with E-state index >= 15 is 0 Å². The van der Waals surface area contributed by atoms with Crippen molar-refractivity contribution in [2.24, 2.45) is 5.92 Å². The van der Waals surface area contributed by atoms with Crippen LogP contribution in [0.1, 0.15) is 19.8 Å². The zero-order valence-electron chi connectivity index (χ0n) is 17.0. The first-order valence-corrected chi connectivity index (χ1v) is 10.5. The van der Waals surface area contributed by atoms with Crippen molar-refractivity contribution in [1.29, 1.82) is 5.26 Å². The molecule has 0 aliphatic carbocycles. The van der Waals surface area contributed by atoms with E-state index in [0.717, 1.165) is 18.4 Å². The van der Waals surface area contributed by atoms with Crippen LogP contribution >= 0.6 is 11.6 Å². The van der Waals surface area contributed by atoms with Gasteiger partial charge in [-0.2, -0.15) is 5.26 Å². The summed E-state index contributed by atoms with van der Waals surface area (Å²) >= 11 is 6.32. The zero-order valence-corrected chi connectivity index (χ0v) is 17.8. The molecule has 0 saturated carbocycles. The van der Waals surface area contributed by atoms with Gasteiger partial charge in [-0.1, -0.05) is 29.8 Å². The Balaban J connectivity index is 1.60. The van der Waals surface area contributed by atoms with Gasteiger partial charge in [-0.25, -0.2) is 4.79 Å². The summed E-state index contributed by atoms with van der Waals surface area (Å²) in [5, 5.41) is 10.4. The number of ether oxygens (including phenoxy) is 1. The molecule has 0 spiro atoms. The van der Waals surface area contributed by atoms with Crippen LogP contribution in [0.4, 0.5) is 0 Å². The highest BCUT2D eigenvalue weighted by atomic mass is 35.5. The zero-order chi connectivity index (χ0) is 22.0. The maximum atomic E-state index is 12.8. The molecule has 1 fully saturated rings. The van der Waals surface area contributed by atoms with Crippen LogP contribution < -0.4 is 10.4 Å². The molecular weight excluding hydrogens is 416 g/mol. The quantitative estimate of drug-likeness (QED) is 0.556. The van der Waals surface area contributed by atoms with Crippen LogP contribution in [-0.2, 0) is 4.79 Å². The van der Waals surface area contributed by atoms with Gasteiger partial charge in [0.25, 0.3) is 5.91 Å². The summed E-state index contributed by atoms with van der Waals surface area (Å²) in [4.78, 5) is 26.6. The van der Waals surface area contributed by atoms with Crippen LogP contribution in [0.5, 0.6) is 5.75 Å². The molecule has 6 nitrogen and oxygen atoms in total. The van der Waals surface area contributed by atoms with E-state index in [2.05, 4.69) is 6.07 Å². The van der Waals surface area contributed by atoms with E-state index in [1.54, 1.807) is 36.1 Å². The lowest BCUT2D eigenvalue weighted by molar-refractivity contribution is -0.139. The van der Waals surface area contributed by atoms with E-state index in [1.165, 1.54) is 6.07 Å². The topological polar surface area (TPSA) is 83.5 Å². The summed E-state index contributed by atoms with van der Waals surface area (Å²) in [6.07, 6.45) is 0.892. The van der Waals surface area contributed by atoms with Crippen LogP contribution in [0.2, 0.25) is 5.02 Å². The molecule has 1 amide bonds. The van der Waals surface area contributed by atoms with Gasteiger partial charge < -0.3 is 14.1 Å². The molecule has 0 bridgehead atoms. The smallest absolute Gasteiger partial charge is 0.336 e. The lowest BCUT2D eigenvalue weighted by Crippen LogP contribution is -2.45. The van der Waals surface area contributed by atoms with Crippen LogP contribution in [0.25, 0.3) is 22.1 Å². The molecule has 31 heavy (non-hydrogen) atoms. The first-order valence-electron chi connectivity index (χ1n) is 10.1. The minimum absolute atomic E-state index is 0.136. The number of hydrogen-bond acceptors (Lipinski definition) is 5. The predicted octanol–water partition coefficient (Wildman–Crippen LogP) is 4.64. The average Bonchev–Trinajstić information content (AvgIpc) is 2.78. The molecule has 2 heterocycles. The van der Waals surface area contributed by atoms with E-state index < -0.39 is 11.7 Å². The molecule has 1 aliphatic rings. The molecule has 7 heteroatoms. The first-order chi connectivity index (χ1) is 15.0. The summed E-state index contributed by atoms with van der Waals surface area (Å²) in [5.74, 6) is 0.121. The molecular formula is C24H21ClN2O4. The Kier molecular flexibility index (Phi) is 5.97. The fraction of sp³-hybridized carbons (Fsp3) is 0.292. The Bertz CT molecular complexity index is 1230. The van der Waals surface area contributed by atoms with Crippen LogP contribution in [0, 0.1) is 17.2 Å². The summed E-state index contributed by atoms with van der Waals surface area (Å²) in [6.45, 7) is 2.73. The third kappa shape index (κ3) is 4.42. The number of fused-ring (bicyclic) bond motifs is 1. The molecule has 1 unspecified atom stereocenters. The molecule has 3 aromatic rings. The normalized spacial score (nSPS) is 17.2. The largest absolute Gasteiger partial charge is 0.481 e. The van der Waals surface area contributed by atoms with Gasteiger partial charge >= 0.3 is 5.63 Å². The van der Waals surface area contributed by atoms with Crippen molar-refractivity contribution in [1.82, 2.24) is 4.90 Å². The molecule has 1 aromatic heterocycles. The van der Waals surface area contributed by atoms with Crippen LogP contribution in [0.3, 0.4) is 0 Å². The highest BCUT2D eigenvalue weighted by molar-refractivity contribution is 6.33. The lowest BCUT2D eigenvalue weighted by Gasteiger charge is -2.31. The van der Waals surface area contributed by atoms with Crippen molar-refractivity contribution in [3.05, 3.63) is 64.0 Å². The minimum Gasteiger partial charge on any atom is -0.481 e. The Morgan fingerprint density at radius 2 is 2.06 bits per heavy atom. The van der Waals surface area contributed by atoms with Gasteiger partial charge in [-0.15, -0.1) is 0 Å². The Morgan fingerprint density at radius 1 is 1.26 bits per heavy atom. The number of carbonyl (C=O) groups is 1. The Morgan fingerprint density at radius 3 is 2.84 bits per heavy atom. The molecule has 2 atom stereocenters. The monoisotopic (exact) mass is 436 g/mol. The fourth-order valence-electron chi connectivity index (χ4n) is 3.91. The Labute approximate surface area is 184 Å². The minimum atomic E-state index is -0.728. The fourth-order valence-corrected chi connectivity index (χ4v) is 4.15. The van der Waals surface area contributed by atoms with E-state index in [-0.39, 0.29) is 11.8 Å². The van der Waals surface area contributed by atoms with E-state index in [0.29, 0.717) is 40.4 Å². The number of likely N-dealkylation sites (tertiary alicyclic amines) is 1. The second-order valence-electron chi connectivity index (χ2n) is 7.63. The number of nitrogens with zero attached hydrogens (tertiary/aromatic N) is 2. The molecule has 1 aliphatic heterocycles. The highest BCUT2D eigenvalue weighted by Crippen LogP contribution is 2.34. The first kappa shape index (κ1) is 21.0. The van der Waals surface area contributed by atoms with Gasteiger partial charge in [-0.3, -0.25) is 4.79 Å². The number of carbonyl (C=O) groups excluding carboxylic acids is 1. The van der Waals surface area contributed by atoms with Crippen molar-refractivity contribution >= 4 is 28.5 Å². The molecule has 0 radical (unpaired) electrons. The van der Waals surface area contributed by atoms with E-state index in [4.69, 9.17) is 26.0 Å². The molecule has 0 N–H and O–H groups in total.